The second kappa shape index (κ2) is 6.21. The Bertz CT molecular complexity index is 381. The molecule has 1 aromatic rings. The molecule has 18 heavy (non-hydrogen) atoms. The van der Waals surface area contributed by atoms with Gasteiger partial charge in [0.2, 0.25) is 0 Å². The summed E-state index contributed by atoms with van der Waals surface area (Å²) in [6, 6.07) is 8.55. The monoisotopic (exact) mass is 249 g/mol. The first kappa shape index (κ1) is 13.4. The van der Waals surface area contributed by atoms with Crippen molar-refractivity contribution < 1.29 is 9.84 Å². The van der Waals surface area contributed by atoms with Crippen molar-refractivity contribution in [1.82, 2.24) is 5.32 Å². The molecule has 1 aromatic carbocycles. The lowest BCUT2D eigenvalue weighted by atomic mass is 9.91. The van der Waals surface area contributed by atoms with Crippen LogP contribution in [-0.2, 0) is 0 Å². The molecule has 2 rings (SSSR count). The van der Waals surface area contributed by atoms with Crippen molar-refractivity contribution in [2.24, 2.45) is 0 Å². The third-order valence-corrected chi connectivity index (χ3v) is 3.79. The highest BCUT2D eigenvalue weighted by molar-refractivity contribution is 5.30. The Morgan fingerprint density at radius 2 is 2.11 bits per heavy atom. The third-order valence-electron chi connectivity index (χ3n) is 3.79. The normalized spacial score (nSPS) is 25.7. The van der Waals surface area contributed by atoms with Crippen molar-refractivity contribution in [2.75, 3.05) is 7.11 Å². The average molecular weight is 249 g/mol. The number of nitrogens with one attached hydrogen (secondary N) is 1. The Morgan fingerprint density at radius 1 is 1.33 bits per heavy atom. The standard InChI is InChI=1S/C15H23NO2/c1-11(12-6-5-7-13(10-12)18-2)16-14-8-3-4-9-15(14)17/h5-7,10-11,14-17H,3-4,8-9H2,1-2H3/t11-,14?,15?/m1/s1. The predicted molar refractivity (Wildman–Crippen MR) is 72.8 cm³/mol. The zero-order valence-corrected chi connectivity index (χ0v) is 11.2. The molecule has 0 amide bonds. The molecule has 2 unspecified atom stereocenters. The number of methoxy groups -OCH3 is 1. The van der Waals surface area contributed by atoms with Crippen molar-refractivity contribution in [3.8, 4) is 5.75 Å². The first-order valence-corrected chi connectivity index (χ1v) is 6.79. The van der Waals surface area contributed by atoms with Gasteiger partial charge in [-0.2, -0.15) is 0 Å². The van der Waals surface area contributed by atoms with Crippen LogP contribution in [-0.4, -0.2) is 24.4 Å². The molecule has 0 heterocycles. The lowest BCUT2D eigenvalue weighted by molar-refractivity contribution is 0.0859. The van der Waals surface area contributed by atoms with Crippen molar-refractivity contribution in [3.63, 3.8) is 0 Å². The van der Waals surface area contributed by atoms with Crippen LogP contribution in [0.4, 0.5) is 0 Å². The molecular weight excluding hydrogens is 226 g/mol. The van der Waals surface area contributed by atoms with E-state index in [9.17, 15) is 5.11 Å². The molecule has 1 fully saturated rings. The second-order valence-corrected chi connectivity index (χ2v) is 5.12. The maximum Gasteiger partial charge on any atom is 0.119 e. The lowest BCUT2D eigenvalue weighted by Gasteiger charge is -2.31. The molecule has 0 aromatic heterocycles. The quantitative estimate of drug-likeness (QED) is 0.862. The number of aliphatic hydroxyl groups excluding tert-OH is 1. The topological polar surface area (TPSA) is 41.5 Å². The Kier molecular flexibility index (Phi) is 4.61. The van der Waals surface area contributed by atoms with Crippen LogP contribution in [0.25, 0.3) is 0 Å². The molecule has 3 nitrogen and oxygen atoms in total. The number of hydrogen-bond donors (Lipinski definition) is 2. The van der Waals surface area contributed by atoms with Gasteiger partial charge in [0, 0.05) is 12.1 Å². The van der Waals surface area contributed by atoms with Crippen LogP contribution in [0, 0.1) is 0 Å². The molecule has 0 bridgehead atoms. The van der Waals surface area contributed by atoms with Gasteiger partial charge in [-0.3, -0.25) is 0 Å². The van der Waals surface area contributed by atoms with E-state index in [1.165, 1.54) is 12.0 Å². The minimum absolute atomic E-state index is 0.202. The Balaban J connectivity index is 1.99. The molecule has 3 atom stereocenters. The van der Waals surface area contributed by atoms with Crippen LogP contribution in [0.5, 0.6) is 5.75 Å². The van der Waals surface area contributed by atoms with Gasteiger partial charge in [0.15, 0.2) is 0 Å². The predicted octanol–water partition coefficient (Wildman–Crippen LogP) is 2.65. The summed E-state index contributed by atoms with van der Waals surface area (Å²) in [5.74, 6) is 0.880. The molecule has 2 N–H and O–H groups in total. The Labute approximate surface area is 109 Å². The van der Waals surface area contributed by atoms with Gasteiger partial charge in [0.05, 0.1) is 13.2 Å². The molecule has 0 aliphatic heterocycles. The van der Waals surface area contributed by atoms with Crippen molar-refractivity contribution in [1.29, 1.82) is 0 Å². The number of aliphatic hydroxyl groups is 1. The number of ether oxygens (including phenoxy) is 1. The maximum absolute atomic E-state index is 9.98. The summed E-state index contributed by atoms with van der Waals surface area (Å²) < 4.78 is 5.24. The van der Waals surface area contributed by atoms with Crippen molar-refractivity contribution in [2.45, 2.75) is 50.8 Å². The summed E-state index contributed by atoms with van der Waals surface area (Å²) in [7, 11) is 1.68. The summed E-state index contributed by atoms with van der Waals surface area (Å²) in [6.07, 6.45) is 4.14. The minimum Gasteiger partial charge on any atom is -0.497 e. The summed E-state index contributed by atoms with van der Waals surface area (Å²) in [6.45, 7) is 2.14. The molecule has 0 saturated heterocycles. The van der Waals surface area contributed by atoms with E-state index in [1.807, 2.05) is 18.2 Å². The lowest BCUT2D eigenvalue weighted by Crippen LogP contribution is -2.43. The van der Waals surface area contributed by atoms with Crippen LogP contribution in [0.15, 0.2) is 24.3 Å². The summed E-state index contributed by atoms with van der Waals surface area (Å²) in [4.78, 5) is 0. The highest BCUT2D eigenvalue weighted by Gasteiger charge is 2.24. The minimum atomic E-state index is -0.202. The van der Waals surface area contributed by atoms with Crippen molar-refractivity contribution >= 4 is 0 Å². The Hall–Kier alpha value is -1.06. The molecule has 1 aliphatic carbocycles. The van der Waals surface area contributed by atoms with Crippen LogP contribution >= 0.6 is 0 Å². The highest BCUT2D eigenvalue weighted by Crippen LogP contribution is 2.23. The van der Waals surface area contributed by atoms with Crippen LogP contribution < -0.4 is 10.1 Å². The van der Waals surface area contributed by atoms with E-state index < -0.39 is 0 Å². The summed E-state index contributed by atoms with van der Waals surface area (Å²) >= 11 is 0. The number of hydrogen-bond acceptors (Lipinski definition) is 3. The molecule has 1 saturated carbocycles. The first-order valence-electron chi connectivity index (χ1n) is 6.79. The van der Waals surface area contributed by atoms with Gasteiger partial charge in [-0.15, -0.1) is 0 Å². The molecule has 0 radical (unpaired) electrons. The fraction of sp³-hybridized carbons (Fsp3) is 0.600. The van der Waals surface area contributed by atoms with Gasteiger partial charge < -0.3 is 15.2 Å². The van der Waals surface area contributed by atoms with E-state index in [2.05, 4.69) is 18.3 Å². The zero-order chi connectivity index (χ0) is 13.0. The molecule has 3 heteroatoms. The van der Waals surface area contributed by atoms with Crippen molar-refractivity contribution in [3.05, 3.63) is 29.8 Å². The smallest absolute Gasteiger partial charge is 0.119 e. The fourth-order valence-corrected chi connectivity index (χ4v) is 2.63. The van der Waals surface area contributed by atoms with E-state index in [0.29, 0.717) is 0 Å². The first-order chi connectivity index (χ1) is 8.70. The van der Waals surface area contributed by atoms with E-state index in [0.717, 1.165) is 25.0 Å². The molecule has 100 valence electrons. The van der Waals surface area contributed by atoms with Gasteiger partial charge in [-0.25, -0.2) is 0 Å². The van der Waals surface area contributed by atoms with Gasteiger partial charge >= 0.3 is 0 Å². The Morgan fingerprint density at radius 3 is 2.83 bits per heavy atom. The maximum atomic E-state index is 9.98. The fourth-order valence-electron chi connectivity index (χ4n) is 2.63. The third kappa shape index (κ3) is 3.24. The molecule has 0 spiro atoms. The zero-order valence-electron chi connectivity index (χ0n) is 11.2. The number of benzene rings is 1. The van der Waals surface area contributed by atoms with E-state index in [4.69, 9.17) is 4.74 Å². The molecular formula is C15H23NO2. The highest BCUT2D eigenvalue weighted by atomic mass is 16.5. The van der Waals surface area contributed by atoms with Gasteiger partial charge in [-0.05, 0) is 37.5 Å². The van der Waals surface area contributed by atoms with Gasteiger partial charge in [0.1, 0.15) is 5.75 Å². The largest absolute Gasteiger partial charge is 0.497 e. The van der Waals surface area contributed by atoms with Crippen LogP contribution in [0.2, 0.25) is 0 Å². The summed E-state index contributed by atoms with van der Waals surface area (Å²) in [5, 5.41) is 13.5. The van der Waals surface area contributed by atoms with Gasteiger partial charge in [-0.1, -0.05) is 25.0 Å². The van der Waals surface area contributed by atoms with Gasteiger partial charge in [0.25, 0.3) is 0 Å². The summed E-state index contributed by atoms with van der Waals surface area (Å²) in [5.41, 5.74) is 1.20. The van der Waals surface area contributed by atoms with Crippen LogP contribution in [0.1, 0.15) is 44.2 Å². The average Bonchev–Trinajstić information content (AvgIpc) is 2.41. The van der Waals surface area contributed by atoms with E-state index >= 15 is 0 Å². The SMILES string of the molecule is COc1cccc([C@@H](C)NC2CCCCC2O)c1. The molecule has 1 aliphatic rings. The van der Waals surface area contributed by atoms with E-state index in [1.54, 1.807) is 7.11 Å². The van der Waals surface area contributed by atoms with Crippen LogP contribution in [0.3, 0.4) is 0 Å². The number of rotatable bonds is 4. The second-order valence-electron chi connectivity index (χ2n) is 5.12. The van der Waals surface area contributed by atoms with E-state index in [-0.39, 0.29) is 18.2 Å².